The largest absolute Gasteiger partial charge is 0.373 e. The molecule has 1 aliphatic heterocycles. The zero-order chi connectivity index (χ0) is 10.0. The van der Waals surface area contributed by atoms with Crippen LogP contribution in [0.4, 0.5) is 0 Å². The first-order chi connectivity index (χ1) is 6.02. The molecule has 0 amide bonds. The molecule has 0 aromatic carbocycles. The second kappa shape index (κ2) is 4.43. The van der Waals surface area contributed by atoms with Gasteiger partial charge in [-0.25, -0.2) is 0 Å². The molecular weight excluding hydrogens is 164 g/mol. The van der Waals surface area contributed by atoms with Gasteiger partial charge < -0.3 is 9.47 Å². The first kappa shape index (κ1) is 11.0. The van der Waals surface area contributed by atoms with E-state index < -0.39 is 0 Å². The monoisotopic (exact) mass is 186 g/mol. The molecule has 0 aliphatic carbocycles. The molecule has 0 spiro atoms. The minimum absolute atomic E-state index is 0.252. The van der Waals surface area contributed by atoms with Crippen LogP contribution in [0.5, 0.6) is 0 Å². The van der Waals surface area contributed by atoms with Crippen LogP contribution in [0.1, 0.15) is 34.6 Å². The number of rotatable bonds is 2. The summed E-state index contributed by atoms with van der Waals surface area (Å²) in [7, 11) is 0. The van der Waals surface area contributed by atoms with E-state index in [0.717, 1.165) is 6.61 Å². The highest BCUT2D eigenvalue weighted by atomic mass is 16.6. The van der Waals surface area contributed by atoms with E-state index in [2.05, 4.69) is 34.6 Å². The predicted molar refractivity (Wildman–Crippen MR) is 53.8 cm³/mol. The van der Waals surface area contributed by atoms with Crippen molar-refractivity contribution in [2.24, 2.45) is 11.8 Å². The van der Waals surface area contributed by atoms with Crippen LogP contribution in [0.2, 0.25) is 0 Å². The van der Waals surface area contributed by atoms with Gasteiger partial charge in [-0.05, 0) is 18.8 Å². The zero-order valence-corrected chi connectivity index (χ0v) is 9.41. The first-order valence-corrected chi connectivity index (χ1v) is 5.29. The fraction of sp³-hybridized carbons (Fsp3) is 1.00. The maximum atomic E-state index is 5.90. The van der Waals surface area contributed by atoms with E-state index in [9.17, 15) is 0 Å². The van der Waals surface area contributed by atoms with Gasteiger partial charge in [0, 0.05) is 0 Å². The molecule has 1 saturated heterocycles. The molecule has 3 unspecified atom stereocenters. The third kappa shape index (κ3) is 2.68. The number of hydrogen-bond donors (Lipinski definition) is 0. The van der Waals surface area contributed by atoms with Crippen molar-refractivity contribution in [3.63, 3.8) is 0 Å². The molecule has 78 valence electrons. The van der Waals surface area contributed by atoms with Gasteiger partial charge in [-0.15, -0.1) is 0 Å². The smallest absolute Gasteiger partial charge is 0.0866 e. The molecule has 0 aromatic heterocycles. The summed E-state index contributed by atoms with van der Waals surface area (Å²) in [6.07, 6.45) is 0.794. The lowest BCUT2D eigenvalue weighted by atomic mass is 9.92. The predicted octanol–water partition coefficient (Wildman–Crippen LogP) is 2.47. The normalized spacial score (nSPS) is 35.8. The van der Waals surface area contributed by atoms with Gasteiger partial charge in [0.15, 0.2) is 0 Å². The highest BCUT2D eigenvalue weighted by molar-refractivity contribution is 4.81. The summed E-state index contributed by atoms with van der Waals surface area (Å²) in [5, 5.41) is 0. The van der Waals surface area contributed by atoms with E-state index >= 15 is 0 Å². The molecule has 1 rings (SSSR count). The van der Waals surface area contributed by atoms with Crippen molar-refractivity contribution in [3.05, 3.63) is 0 Å². The highest BCUT2D eigenvalue weighted by Crippen LogP contribution is 2.25. The summed E-state index contributed by atoms with van der Waals surface area (Å²) in [6.45, 7) is 11.6. The molecular formula is C11H22O2. The van der Waals surface area contributed by atoms with Crippen molar-refractivity contribution in [2.75, 3.05) is 6.61 Å². The van der Waals surface area contributed by atoms with Crippen LogP contribution < -0.4 is 0 Å². The fourth-order valence-corrected chi connectivity index (χ4v) is 1.83. The van der Waals surface area contributed by atoms with Crippen LogP contribution in [0.15, 0.2) is 0 Å². The van der Waals surface area contributed by atoms with Crippen LogP contribution >= 0.6 is 0 Å². The molecule has 13 heavy (non-hydrogen) atoms. The third-order valence-corrected chi connectivity index (χ3v) is 2.55. The zero-order valence-electron chi connectivity index (χ0n) is 9.41. The summed E-state index contributed by atoms with van der Waals surface area (Å²) < 4.78 is 11.7. The lowest BCUT2D eigenvalue weighted by Crippen LogP contribution is -2.47. The number of hydrogen-bond acceptors (Lipinski definition) is 2. The third-order valence-electron chi connectivity index (χ3n) is 2.55. The lowest BCUT2D eigenvalue weighted by Gasteiger charge is -2.39. The van der Waals surface area contributed by atoms with Crippen molar-refractivity contribution in [1.82, 2.24) is 0 Å². The van der Waals surface area contributed by atoms with Gasteiger partial charge in [-0.3, -0.25) is 0 Å². The van der Waals surface area contributed by atoms with Gasteiger partial charge in [0.05, 0.1) is 24.9 Å². The minimum atomic E-state index is 0.252. The van der Waals surface area contributed by atoms with E-state index in [1.54, 1.807) is 0 Å². The van der Waals surface area contributed by atoms with Gasteiger partial charge >= 0.3 is 0 Å². The van der Waals surface area contributed by atoms with Gasteiger partial charge in [-0.1, -0.05) is 27.7 Å². The molecule has 0 saturated carbocycles. The Morgan fingerprint density at radius 2 is 1.54 bits per heavy atom. The van der Waals surface area contributed by atoms with Crippen LogP contribution in [0.25, 0.3) is 0 Å². The van der Waals surface area contributed by atoms with Crippen LogP contribution in [0.3, 0.4) is 0 Å². The second-order valence-electron chi connectivity index (χ2n) is 4.70. The molecule has 1 fully saturated rings. The molecule has 0 bridgehead atoms. The Labute approximate surface area is 81.6 Å². The molecule has 1 heterocycles. The molecule has 2 nitrogen and oxygen atoms in total. The Bertz CT molecular complexity index is 154. The van der Waals surface area contributed by atoms with Gasteiger partial charge in [-0.2, -0.15) is 0 Å². The minimum Gasteiger partial charge on any atom is -0.373 e. The van der Waals surface area contributed by atoms with E-state index in [4.69, 9.17) is 9.47 Å². The standard InChI is InChI=1S/C11H22O2/c1-7(2)10-11(8(3)4)13-9(5)6-12-10/h7-11H,6H2,1-5H3. The van der Waals surface area contributed by atoms with Crippen molar-refractivity contribution in [3.8, 4) is 0 Å². The molecule has 2 heteroatoms. The van der Waals surface area contributed by atoms with E-state index in [0.29, 0.717) is 11.8 Å². The average molecular weight is 186 g/mol. The second-order valence-corrected chi connectivity index (χ2v) is 4.70. The topological polar surface area (TPSA) is 18.5 Å². The quantitative estimate of drug-likeness (QED) is 0.659. The maximum Gasteiger partial charge on any atom is 0.0866 e. The average Bonchev–Trinajstić information content (AvgIpc) is 2.03. The van der Waals surface area contributed by atoms with E-state index in [1.165, 1.54) is 0 Å². The molecule has 0 N–H and O–H groups in total. The highest BCUT2D eigenvalue weighted by Gasteiger charge is 2.34. The first-order valence-electron chi connectivity index (χ1n) is 5.29. The summed E-state index contributed by atoms with van der Waals surface area (Å²) in [6, 6.07) is 0. The van der Waals surface area contributed by atoms with Crippen molar-refractivity contribution >= 4 is 0 Å². The Morgan fingerprint density at radius 1 is 1.00 bits per heavy atom. The molecule has 0 radical (unpaired) electrons. The van der Waals surface area contributed by atoms with Gasteiger partial charge in [0.2, 0.25) is 0 Å². The van der Waals surface area contributed by atoms with Gasteiger partial charge in [0.25, 0.3) is 0 Å². The lowest BCUT2D eigenvalue weighted by molar-refractivity contribution is -0.200. The van der Waals surface area contributed by atoms with E-state index in [1.807, 2.05) is 0 Å². The van der Waals surface area contributed by atoms with Crippen LogP contribution in [-0.2, 0) is 9.47 Å². The Kier molecular flexibility index (Phi) is 3.74. The molecule has 1 aliphatic rings. The van der Waals surface area contributed by atoms with E-state index in [-0.39, 0.29) is 18.3 Å². The molecule has 3 atom stereocenters. The van der Waals surface area contributed by atoms with Crippen molar-refractivity contribution < 1.29 is 9.47 Å². The Balaban J connectivity index is 2.60. The fourth-order valence-electron chi connectivity index (χ4n) is 1.83. The maximum absolute atomic E-state index is 5.90. The Hall–Kier alpha value is -0.0800. The summed E-state index contributed by atoms with van der Waals surface area (Å²) in [4.78, 5) is 0. The number of ether oxygens (including phenoxy) is 2. The molecule has 0 aromatic rings. The summed E-state index contributed by atoms with van der Waals surface area (Å²) >= 11 is 0. The Morgan fingerprint density at radius 3 is 2.00 bits per heavy atom. The van der Waals surface area contributed by atoms with Crippen molar-refractivity contribution in [1.29, 1.82) is 0 Å². The van der Waals surface area contributed by atoms with Crippen LogP contribution in [0, 0.1) is 11.8 Å². The van der Waals surface area contributed by atoms with Crippen molar-refractivity contribution in [2.45, 2.75) is 52.9 Å². The van der Waals surface area contributed by atoms with Crippen LogP contribution in [-0.4, -0.2) is 24.9 Å². The van der Waals surface area contributed by atoms with Gasteiger partial charge in [0.1, 0.15) is 0 Å². The summed E-state index contributed by atoms with van der Waals surface area (Å²) in [5.41, 5.74) is 0. The SMILES string of the molecule is CC1COC(C(C)C)C(C(C)C)O1. The summed E-state index contributed by atoms with van der Waals surface area (Å²) in [5.74, 6) is 1.08.